The van der Waals surface area contributed by atoms with E-state index in [-0.39, 0.29) is 11.4 Å². The number of rotatable bonds is 5. The second-order valence-electron chi connectivity index (χ2n) is 5.10. The van der Waals surface area contributed by atoms with Crippen molar-refractivity contribution in [3.05, 3.63) is 95.0 Å². The van der Waals surface area contributed by atoms with Crippen LogP contribution in [0, 0.1) is 0 Å². The molecule has 0 saturated heterocycles. The zero-order chi connectivity index (χ0) is 17.6. The van der Waals surface area contributed by atoms with Gasteiger partial charge in [0.15, 0.2) is 6.10 Å². The summed E-state index contributed by atoms with van der Waals surface area (Å²) in [5.41, 5.74) is 0.679. The van der Waals surface area contributed by atoms with Crippen molar-refractivity contribution >= 4 is 23.4 Å². The minimum Gasteiger partial charge on any atom is -0.444 e. The number of ether oxygens (including phenoxy) is 1. The van der Waals surface area contributed by atoms with Crippen LogP contribution in [0.5, 0.6) is 0 Å². The zero-order valence-corrected chi connectivity index (χ0v) is 13.8. The van der Waals surface area contributed by atoms with Crippen LogP contribution in [0.3, 0.4) is 0 Å². The number of hydrogen-bond donors (Lipinski definition) is 0. The van der Waals surface area contributed by atoms with E-state index in [4.69, 9.17) is 16.3 Å². The van der Waals surface area contributed by atoms with E-state index in [2.05, 4.69) is 9.97 Å². The summed E-state index contributed by atoms with van der Waals surface area (Å²) >= 11 is 6.20. The second-order valence-corrected chi connectivity index (χ2v) is 5.51. The van der Waals surface area contributed by atoms with Crippen molar-refractivity contribution in [2.24, 2.45) is 0 Å². The van der Waals surface area contributed by atoms with E-state index >= 15 is 0 Å². The summed E-state index contributed by atoms with van der Waals surface area (Å²) in [6, 6.07) is 16.5. The Kier molecular flexibility index (Phi) is 5.16. The Balaban J connectivity index is 1.96. The van der Waals surface area contributed by atoms with Crippen LogP contribution < -0.4 is 0 Å². The van der Waals surface area contributed by atoms with Gasteiger partial charge in [0.2, 0.25) is 5.78 Å². The first-order chi connectivity index (χ1) is 12.2. The van der Waals surface area contributed by atoms with Crippen molar-refractivity contribution in [1.82, 2.24) is 9.97 Å². The average molecular weight is 353 g/mol. The monoisotopic (exact) mass is 352 g/mol. The predicted molar refractivity (Wildman–Crippen MR) is 92.4 cm³/mol. The lowest BCUT2D eigenvalue weighted by Crippen LogP contribution is -2.22. The molecule has 2 aromatic heterocycles. The standard InChI is InChI=1S/C19H13ClN2O3/c20-14-8-2-1-7-13(14)18(17(23)15-9-3-5-11-21-15)25-19(24)16-10-4-6-12-22-16/h1-12,18H. The highest BCUT2D eigenvalue weighted by atomic mass is 35.5. The first kappa shape index (κ1) is 16.8. The summed E-state index contributed by atoms with van der Waals surface area (Å²) in [6.07, 6.45) is 1.76. The summed E-state index contributed by atoms with van der Waals surface area (Å²) < 4.78 is 5.44. The Hall–Kier alpha value is -3.05. The summed E-state index contributed by atoms with van der Waals surface area (Å²) in [5, 5.41) is 0.325. The first-order valence-electron chi connectivity index (χ1n) is 7.48. The fourth-order valence-electron chi connectivity index (χ4n) is 2.24. The molecule has 0 spiro atoms. The zero-order valence-electron chi connectivity index (χ0n) is 13.0. The van der Waals surface area contributed by atoms with Gasteiger partial charge < -0.3 is 4.74 Å². The molecule has 3 aromatic rings. The van der Waals surface area contributed by atoms with E-state index in [0.717, 1.165) is 0 Å². The molecule has 0 N–H and O–H groups in total. The molecule has 0 aliphatic heterocycles. The maximum absolute atomic E-state index is 12.8. The minimum absolute atomic E-state index is 0.105. The molecular weight excluding hydrogens is 340 g/mol. The second kappa shape index (κ2) is 7.68. The number of carbonyl (C=O) groups is 2. The number of halogens is 1. The molecule has 0 aliphatic carbocycles. The molecule has 5 nitrogen and oxygen atoms in total. The third-order valence-electron chi connectivity index (χ3n) is 3.44. The molecule has 0 amide bonds. The van der Waals surface area contributed by atoms with Crippen molar-refractivity contribution < 1.29 is 14.3 Å². The number of Topliss-reactive ketones (excluding diaryl/α,β-unsaturated/α-hetero) is 1. The van der Waals surface area contributed by atoms with Crippen molar-refractivity contribution in [3.63, 3.8) is 0 Å². The van der Waals surface area contributed by atoms with E-state index in [0.29, 0.717) is 10.6 Å². The molecule has 0 saturated carbocycles. The Labute approximate surface area is 149 Å². The van der Waals surface area contributed by atoms with Crippen LogP contribution in [0.1, 0.15) is 32.6 Å². The smallest absolute Gasteiger partial charge is 0.357 e. The quantitative estimate of drug-likeness (QED) is 0.514. The lowest BCUT2D eigenvalue weighted by molar-refractivity contribution is 0.0272. The number of aromatic nitrogens is 2. The van der Waals surface area contributed by atoms with Crippen LogP contribution in [0.15, 0.2) is 73.1 Å². The van der Waals surface area contributed by atoms with Gasteiger partial charge in [-0.1, -0.05) is 41.9 Å². The average Bonchev–Trinajstić information content (AvgIpc) is 2.67. The number of esters is 1. The Morgan fingerprint density at radius 1 is 0.840 bits per heavy atom. The SMILES string of the molecule is O=C(OC(C(=O)c1ccccn1)c1ccccc1Cl)c1ccccn1. The van der Waals surface area contributed by atoms with Crippen LogP contribution in [-0.2, 0) is 4.74 Å². The molecule has 2 heterocycles. The van der Waals surface area contributed by atoms with Crippen LogP contribution in [-0.4, -0.2) is 21.7 Å². The maximum Gasteiger partial charge on any atom is 0.357 e. The van der Waals surface area contributed by atoms with Gasteiger partial charge >= 0.3 is 5.97 Å². The molecule has 0 radical (unpaired) electrons. The first-order valence-corrected chi connectivity index (χ1v) is 7.86. The van der Waals surface area contributed by atoms with Crippen molar-refractivity contribution in [3.8, 4) is 0 Å². The van der Waals surface area contributed by atoms with Crippen LogP contribution >= 0.6 is 11.6 Å². The molecule has 0 fully saturated rings. The van der Waals surface area contributed by atoms with Gasteiger partial charge in [-0.15, -0.1) is 0 Å². The number of benzene rings is 1. The predicted octanol–water partition coefficient (Wildman–Crippen LogP) is 3.91. The van der Waals surface area contributed by atoms with Gasteiger partial charge in [0.05, 0.1) is 0 Å². The van der Waals surface area contributed by atoms with E-state index in [1.54, 1.807) is 54.6 Å². The third-order valence-corrected chi connectivity index (χ3v) is 3.79. The number of hydrogen-bond acceptors (Lipinski definition) is 5. The highest BCUT2D eigenvalue weighted by Gasteiger charge is 2.29. The Morgan fingerprint density at radius 3 is 2.04 bits per heavy atom. The fraction of sp³-hybridized carbons (Fsp3) is 0.0526. The Morgan fingerprint density at radius 2 is 1.44 bits per heavy atom. The van der Waals surface area contributed by atoms with Crippen LogP contribution in [0.25, 0.3) is 0 Å². The number of nitrogens with zero attached hydrogens (tertiary/aromatic N) is 2. The van der Waals surface area contributed by atoms with Gasteiger partial charge in [-0.05, 0) is 30.3 Å². The normalized spacial score (nSPS) is 11.6. The lowest BCUT2D eigenvalue weighted by atomic mass is 10.0. The molecule has 6 heteroatoms. The van der Waals surface area contributed by atoms with Gasteiger partial charge in [0.25, 0.3) is 0 Å². The van der Waals surface area contributed by atoms with Gasteiger partial charge in [0.1, 0.15) is 11.4 Å². The summed E-state index contributed by atoms with van der Waals surface area (Å²) in [7, 11) is 0. The Bertz CT molecular complexity index is 885. The van der Waals surface area contributed by atoms with Crippen molar-refractivity contribution in [2.75, 3.05) is 0 Å². The molecule has 3 rings (SSSR count). The third kappa shape index (κ3) is 3.89. The van der Waals surface area contributed by atoms with Crippen molar-refractivity contribution in [1.29, 1.82) is 0 Å². The molecule has 0 bridgehead atoms. The molecule has 1 unspecified atom stereocenters. The molecule has 1 atom stereocenters. The van der Waals surface area contributed by atoms with Gasteiger partial charge in [-0.3, -0.25) is 9.78 Å². The summed E-state index contributed by atoms with van der Waals surface area (Å²) in [5.74, 6) is -1.17. The van der Waals surface area contributed by atoms with Crippen LogP contribution in [0.4, 0.5) is 0 Å². The van der Waals surface area contributed by atoms with E-state index in [1.165, 1.54) is 18.5 Å². The van der Waals surface area contributed by atoms with Gasteiger partial charge in [0, 0.05) is 23.0 Å². The molecule has 25 heavy (non-hydrogen) atoms. The molecule has 0 aliphatic rings. The fourth-order valence-corrected chi connectivity index (χ4v) is 2.47. The lowest BCUT2D eigenvalue weighted by Gasteiger charge is -2.18. The molecule has 124 valence electrons. The van der Waals surface area contributed by atoms with Gasteiger partial charge in [-0.2, -0.15) is 0 Å². The minimum atomic E-state index is -1.21. The maximum atomic E-state index is 12.8. The number of pyridine rings is 2. The molecular formula is C19H13ClN2O3. The highest BCUT2D eigenvalue weighted by Crippen LogP contribution is 2.29. The van der Waals surface area contributed by atoms with Gasteiger partial charge in [-0.25, -0.2) is 9.78 Å². The highest BCUT2D eigenvalue weighted by molar-refractivity contribution is 6.31. The van der Waals surface area contributed by atoms with Crippen molar-refractivity contribution in [2.45, 2.75) is 6.10 Å². The van der Waals surface area contributed by atoms with E-state index < -0.39 is 17.9 Å². The van der Waals surface area contributed by atoms with E-state index in [1.807, 2.05) is 0 Å². The largest absolute Gasteiger partial charge is 0.444 e. The van der Waals surface area contributed by atoms with E-state index in [9.17, 15) is 9.59 Å². The number of carbonyl (C=O) groups excluding carboxylic acids is 2. The van der Waals surface area contributed by atoms with Crippen LogP contribution in [0.2, 0.25) is 5.02 Å². The topological polar surface area (TPSA) is 69.2 Å². The number of ketones is 1. The summed E-state index contributed by atoms with van der Waals surface area (Å²) in [6.45, 7) is 0. The molecule has 1 aromatic carbocycles. The summed E-state index contributed by atoms with van der Waals surface area (Å²) in [4.78, 5) is 33.2.